The average molecular weight is 663 g/mol. The Balaban J connectivity index is 2.19. The van der Waals surface area contributed by atoms with E-state index in [0.29, 0.717) is 6.42 Å². The first-order valence-corrected chi connectivity index (χ1v) is 15.0. The summed E-state index contributed by atoms with van der Waals surface area (Å²) in [6.45, 7) is 2.26. The Bertz CT molecular complexity index is 719. The van der Waals surface area contributed by atoms with E-state index < -0.39 is 9.96 Å². The molecule has 9 heteroatoms. The van der Waals surface area contributed by atoms with Crippen molar-refractivity contribution < 1.29 is 4.79 Å². The molecule has 34 heavy (non-hydrogen) atoms. The van der Waals surface area contributed by atoms with Crippen LogP contribution >= 0.6 is 69.6 Å². The lowest BCUT2D eigenvalue weighted by Gasteiger charge is -2.28. The molecule has 1 aromatic carbocycles. The van der Waals surface area contributed by atoms with Crippen molar-refractivity contribution in [3.8, 4) is 0 Å². The van der Waals surface area contributed by atoms with Gasteiger partial charge in [-0.05, 0) is 53.4 Å². The van der Waals surface area contributed by atoms with Gasteiger partial charge in [0.2, 0.25) is 9.70 Å². The second kappa shape index (κ2) is 19.1. The summed E-state index contributed by atoms with van der Waals surface area (Å²) in [5.74, 6) is -0.163. The SMILES string of the molecule is CCCCCCCCCCCCCCCC(=O)NC(NC(=S)Nc1ccccc1I)C(Cl)(Cl)Cl. The Morgan fingerprint density at radius 3 is 1.88 bits per heavy atom. The number of anilines is 1. The molecule has 3 N–H and O–H groups in total. The molecule has 1 aromatic rings. The van der Waals surface area contributed by atoms with Crippen LogP contribution in [0.2, 0.25) is 0 Å². The van der Waals surface area contributed by atoms with E-state index in [2.05, 4.69) is 45.5 Å². The molecule has 0 saturated heterocycles. The Morgan fingerprint density at radius 2 is 1.38 bits per heavy atom. The number of thiocarbonyl (C=S) groups is 1. The number of hydrogen-bond donors (Lipinski definition) is 3. The van der Waals surface area contributed by atoms with Crippen LogP contribution in [0.15, 0.2) is 24.3 Å². The van der Waals surface area contributed by atoms with Gasteiger partial charge in [0.05, 0.1) is 5.69 Å². The number of rotatable bonds is 17. The van der Waals surface area contributed by atoms with Crippen LogP contribution < -0.4 is 16.0 Å². The van der Waals surface area contributed by atoms with Crippen LogP contribution in [-0.2, 0) is 4.79 Å². The minimum Gasteiger partial charge on any atom is -0.339 e. The van der Waals surface area contributed by atoms with E-state index in [9.17, 15) is 4.79 Å². The van der Waals surface area contributed by atoms with Gasteiger partial charge in [0.25, 0.3) is 0 Å². The first-order valence-electron chi connectivity index (χ1n) is 12.4. The lowest BCUT2D eigenvalue weighted by Crippen LogP contribution is -2.56. The number of benzene rings is 1. The highest BCUT2D eigenvalue weighted by Crippen LogP contribution is 2.29. The maximum absolute atomic E-state index is 12.4. The van der Waals surface area contributed by atoms with Crippen molar-refractivity contribution in [3.05, 3.63) is 27.8 Å². The Kier molecular flexibility index (Phi) is 18.0. The molecule has 0 saturated carbocycles. The summed E-state index contributed by atoms with van der Waals surface area (Å²) in [7, 11) is 0. The van der Waals surface area contributed by atoms with Gasteiger partial charge < -0.3 is 16.0 Å². The van der Waals surface area contributed by atoms with E-state index in [1.54, 1.807) is 0 Å². The Hall–Kier alpha value is -0.0200. The number of amides is 1. The third kappa shape index (κ3) is 15.9. The maximum Gasteiger partial charge on any atom is 0.228 e. The fourth-order valence-corrected chi connectivity index (χ4v) is 4.67. The van der Waals surface area contributed by atoms with E-state index in [0.717, 1.165) is 28.5 Å². The molecule has 0 aliphatic heterocycles. The van der Waals surface area contributed by atoms with Crippen molar-refractivity contribution in [1.82, 2.24) is 10.6 Å². The zero-order valence-corrected chi connectivity index (χ0v) is 25.4. The summed E-state index contributed by atoms with van der Waals surface area (Å²) in [6, 6.07) is 7.68. The lowest BCUT2D eigenvalue weighted by atomic mass is 10.0. The monoisotopic (exact) mass is 661 g/mol. The normalized spacial score (nSPS) is 12.3. The molecule has 0 heterocycles. The molecule has 0 fully saturated rings. The van der Waals surface area contributed by atoms with Crippen LogP contribution in [0.5, 0.6) is 0 Å². The van der Waals surface area contributed by atoms with Crippen LogP contribution in [-0.4, -0.2) is 21.0 Å². The molecular formula is C25H39Cl3IN3OS. The topological polar surface area (TPSA) is 53.2 Å². The number of nitrogens with one attached hydrogen (secondary N) is 3. The van der Waals surface area contributed by atoms with Gasteiger partial charge in [0, 0.05) is 9.99 Å². The highest BCUT2D eigenvalue weighted by atomic mass is 127. The van der Waals surface area contributed by atoms with Gasteiger partial charge in [-0.1, -0.05) is 131 Å². The fourth-order valence-electron chi connectivity index (χ4n) is 3.59. The van der Waals surface area contributed by atoms with Crippen molar-refractivity contribution in [2.45, 2.75) is 107 Å². The van der Waals surface area contributed by atoms with Gasteiger partial charge in [-0.15, -0.1) is 0 Å². The van der Waals surface area contributed by atoms with Crippen LogP contribution in [0.1, 0.15) is 96.8 Å². The van der Waals surface area contributed by atoms with Gasteiger partial charge in [0.15, 0.2) is 5.11 Å². The van der Waals surface area contributed by atoms with E-state index in [1.807, 2.05) is 24.3 Å². The van der Waals surface area contributed by atoms with Crippen LogP contribution in [0.25, 0.3) is 0 Å². The number of carbonyl (C=O) groups is 1. The second-order valence-corrected chi connectivity index (χ2v) is 12.6. The Morgan fingerprint density at radius 1 is 0.882 bits per heavy atom. The molecule has 1 rings (SSSR count). The van der Waals surface area contributed by atoms with Crippen LogP contribution in [0, 0.1) is 3.57 Å². The summed E-state index contributed by atoms with van der Waals surface area (Å²) >= 11 is 25.8. The number of hydrogen-bond acceptors (Lipinski definition) is 2. The summed E-state index contributed by atoms with van der Waals surface area (Å²) < 4.78 is -0.748. The molecule has 1 unspecified atom stereocenters. The minimum absolute atomic E-state index is 0.163. The number of halogens is 4. The van der Waals surface area contributed by atoms with Crippen LogP contribution in [0.4, 0.5) is 5.69 Å². The molecule has 194 valence electrons. The van der Waals surface area contributed by atoms with E-state index in [4.69, 9.17) is 47.0 Å². The largest absolute Gasteiger partial charge is 0.339 e. The van der Waals surface area contributed by atoms with E-state index >= 15 is 0 Å². The van der Waals surface area contributed by atoms with Gasteiger partial charge in [-0.3, -0.25) is 4.79 Å². The molecular weight excluding hydrogens is 624 g/mol. The van der Waals surface area contributed by atoms with Gasteiger partial charge in [-0.2, -0.15) is 0 Å². The van der Waals surface area contributed by atoms with E-state index in [-0.39, 0.29) is 11.0 Å². The van der Waals surface area contributed by atoms with Gasteiger partial charge in [-0.25, -0.2) is 0 Å². The fraction of sp³-hybridized carbons (Fsp3) is 0.680. The summed E-state index contributed by atoms with van der Waals surface area (Å²) in [5.41, 5.74) is 0.835. The molecule has 1 atom stereocenters. The third-order valence-corrected chi connectivity index (χ3v) is 7.35. The van der Waals surface area contributed by atoms with Crippen molar-refractivity contribution in [3.63, 3.8) is 0 Å². The number of carbonyl (C=O) groups excluding carboxylic acids is 1. The van der Waals surface area contributed by atoms with E-state index in [1.165, 1.54) is 64.2 Å². The molecule has 0 aliphatic carbocycles. The smallest absolute Gasteiger partial charge is 0.228 e. The molecule has 0 bridgehead atoms. The van der Waals surface area contributed by atoms with Crippen LogP contribution in [0.3, 0.4) is 0 Å². The minimum atomic E-state index is -1.75. The average Bonchev–Trinajstić information content (AvgIpc) is 2.77. The second-order valence-electron chi connectivity index (χ2n) is 8.61. The third-order valence-electron chi connectivity index (χ3n) is 5.54. The number of para-hydroxylation sites is 1. The first kappa shape index (κ1) is 32.0. The lowest BCUT2D eigenvalue weighted by molar-refractivity contribution is -0.122. The molecule has 0 radical (unpaired) electrons. The zero-order chi connectivity index (χ0) is 25.2. The maximum atomic E-state index is 12.4. The van der Waals surface area contributed by atoms with Crippen molar-refractivity contribution in [2.24, 2.45) is 0 Å². The molecule has 0 aliphatic rings. The summed E-state index contributed by atoms with van der Waals surface area (Å²) in [5, 5.41) is 8.99. The highest BCUT2D eigenvalue weighted by Gasteiger charge is 2.34. The summed E-state index contributed by atoms with van der Waals surface area (Å²) in [4.78, 5) is 12.4. The van der Waals surface area contributed by atoms with Crippen molar-refractivity contribution in [2.75, 3.05) is 5.32 Å². The van der Waals surface area contributed by atoms with Gasteiger partial charge >= 0.3 is 0 Å². The van der Waals surface area contributed by atoms with Crippen molar-refractivity contribution in [1.29, 1.82) is 0 Å². The number of unbranched alkanes of at least 4 members (excludes halogenated alkanes) is 12. The molecule has 4 nitrogen and oxygen atoms in total. The quantitative estimate of drug-likeness (QED) is 0.0513. The predicted molar refractivity (Wildman–Crippen MR) is 161 cm³/mol. The number of alkyl halides is 3. The molecule has 0 aromatic heterocycles. The zero-order valence-electron chi connectivity index (χ0n) is 20.1. The predicted octanol–water partition coefficient (Wildman–Crippen LogP) is 8.87. The summed E-state index contributed by atoms with van der Waals surface area (Å²) in [6.07, 6.45) is 15.9. The highest BCUT2D eigenvalue weighted by molar-refractivity contribution is 14.1. The standard InChI is InChI=1S/C25H39Cl3IN3OS/c1-2-3-4-5-6-7-8-9-10-11-12-13-14-19-22(33)31-23(25(26,27)28)32-24(34)30-21-18-16-15-17-20(21)29/h15-18,23H,2-14,19H2,1H3,(H,31,33)(H2,30,32,34). The molecule has 0 spiro atoms. The van der Waals surface area contributed by atoms with Gasteiger partial charge in [0.1, 0.15) is 6.17 Å². The molecule has 1 amide bonds. The van der Waals surface area contributed by atoms with Crippen molar-refractivity contribution >= 4 is 86.3 Å². The first-order chi connectivity index (χ1) is 16.2. The Labute approximate surface area is 240 Å².